The summed E-state index contributed by atoms with van der Waals surface area (Å²) < 4.78 is 26.5. The SMILES string of the molecule is C[C@H](OCC(=O)OC(C)(C)C)[C@H]1CC[C@H]2C3=CC=C4C[C@@H](O[Si](C)(C)C(C)(C)C)C[C@H](O[Si](C)(C)C(C)(C)C)[C@]4(C)[C@H]3CC[C@]12C. The van der Waals surface area contributed by atoms with E-state index >= 15 is 0 Å². The van der Waals surface area contributed by atoms with E-state index in [4.69, 9.17) is 18.3 Å². The molecule has 4 rings (SSSR count). The van der Waals surface area contributed by atoms with Crippen molar-refractivity contribution >= 4 is 22.6 Å². The summed E-state index contributed by atoms with van der Waals surface area (Å²) in [6.07, 6.45) is 12.1. The molecule has 0 N–H and O–H groups in total. The summed E-state index contributed by atoms with van der Waals surface area (Å²) in [5, 5.41) is 0.325. The largest absolute Gasteiger partial charge is 0.458 e. The first-order valence-corrected chi connectivity index (χ1v) is 24.1. The monoisotopic (exact) mass is 674 g/mol. The van der Waals surface area contributed by atoms with Crippen LogP contribution in [0.25, 0.3) is 0 Å². The fourth-order valence-corrected chi connectivity index (χ4v) is 11.7. The number of hydrogen-bond acceptors (Lipinski definition) is 5. The second kappa shape index (κ2) is 12.5. The summed E-state index contributed by atoms with van der Waals surface area (Å²) in [6, 6.07) is 0. The molecule has 0 bridgehead atoms. The predicted octanol–water partition coefficient (Wildman–Crippen LogP) is 10.6. The fraction of sp³-hybridized carbons (Fsp3) is 0.872. The van der Waals surface area contributed by atoms with Crippen molar-refractivity contribution in [1.29, 1.82) is 0 Å². The molecule has 0 radical (unpaired) electrons. The molecule has 264 valence electrons. The first-order chi connectivity index (χ1) is 20.7. The van der Waals surface area contributed by atoms with Gasteiger partial charge in [-0.3, -0.25) is 0 Å². The van der Waals surface area contributed by atoms with Crippen molar-refractivity contribution in [2.75, 3.05) is 6.61 Å². The maximum atomic E-state index is 12.5. The lowest BCUT2D eigenvalue weighted by Gasteiger charge is -2.59. The number of allylic oxidation sites excluding steroid dienone is 3. The number of rotatable bonds is 8. The molecular weight excluding hydrogens is 605 g/mol. The highest BCUT2D eigenvalue weighted by molar-refractivity contribution is 6.74. The first-order valence-electron chi connectivity index (χ1n) is 18.3. The van der Waals surface area contributed by atoms with Crippen LogP contribution in [-0.2, 0) is 23.1 Å². The zero-order valence-electron chi connectivity index (χ0n) is 32.6. The summed E-state index contributed by atoms with van der Waals surface area (Å²) in [5.74, 6) is 1.18. The van der Waals surface area contributed by atoms with Crippen LogP contribution in [-0.4, -0.2) is 53.1 Å². The number of carbonyl (C=O) groups is 1. The number of carbonyl (C=O) groups excluding carboxylic acids is 1. The van der Waals surface area contributed by atoms with E-state index in [0.717, 1.165) is 19.3 Å². The van der Waals surface area contributed by atoms with Crippen LogP contribution < -0.4 is 0 Å². The summed E-state index contributed by atoms with van der Waals surface area (Å²) in [4.78, 5) is 12.5. The van der Waals surface area contributed by atoms with Gasteiger partial charge in [-0.25, -0.2) is 4.79 Å². The molecule has 0 aromatic heterocycles. The van der Waals surface area contributed by atoms with Gasteiger partial charge in [-0.05, 0) is 126 Å². The average Bonchev–Trinajstić information content (AvgIpc) is 3.22. The molecule has 0 aromatic rings. The lowest BCUT2D eigenvalue weighted by molar-refractivity contribution is -0.164. The molecule has 3 saturated carbocycles. The van der Waals surface area contributed by atoms with Gasteiger partial charge < -0.3 is 18.3 Å². The second-order valence-electron chi connectivity index (χ2n) is 19.9. The third kappa shape index (κ3) is 7.25. The molecule has 0 unspecified atom stereocenters. The normalized spacial score (nSPS) is 34.6. The van der Waals surface area contributed by atoms with E-state index in [1.165, 1.54) is 19.3 Å². The highest BCUT2D eigenvalue weighted by atomic mass is 28.4. The van der Waals surface area contributed by atoms with Crippen LogP contribution in [0.1, 0.15) is 122 Å². The molecule has 0 saturated heterocycles. The quantitative estimate of drug-likeness (QED) is 0.189. The molecule has 0 aromatic carbocycles. The van der Waals surface area contributed by atoms with E-state index in [9.17, 15) is 4.79 Å². The van der Waals surface area contributed by atoms with E-state index < -0.39 is 22.2 Å². The van der Waals surface area contributed by atoms with Crippen molar-refractivity contribution in [1.82, 2.24) is 0 Å². The molecule has 0 heterocycles. The molecule has 7 heteroatoms. The van der Waals surface area contributed by atoms with Crippen molar-refractivity contribution in [3.05, 3.63) is 23.3 Å². The third-order valence-electron chi connectivity index (χ3n) is 13.6. The maximum absolute atomic E-state index is 12.5. The topological polar surface area (TPSA) is 54.0 Å². The molecule has 8 atom stereocenters. The van der Waals surface area contributed by atoms with Gasteiger partial charge >= 0.3 is 5.97 Å². The van der Waals surface area contributed by atoms with Gasteiger partial charge in [0.1, 0.15) is 12.2 Å². The van der Waals surface area contributed by atoms with Gasteiger partial charge in [0.05, 0.1) is 18.3 Å². The van der Waals surface area contributed by atoms with Crippen LogP contribution in [0.2, 0.25) is 36.3 Å². The Morgan fingerprint density at radius 2 is 1.46 bits per heavy atom. The van der Waals surface area contributed by atoms with E-state index in [2.05, 4.69) is 101 Å². The van der Waals surface area contributed by atoms with Crippen LogP contribution in [0.15, 0.2) is 23.3 Å². The summed E-state index contributed by atoms with van der Waals surface area (Å²) in [6.45, 7) is 36.8. The molecule has 0 spiro atoms. The smallest absolute Gasteiger partial charge is 0.332 e. The summed E-state index contributed by atoms with van der Waals surface area (Å²) in [7, 11) is -3.98. The van der Waals surface area contributed by atoms with Crippen LogP contribution in [0.3, 0.4) is 0 Å². The van der Waals surface area contributed by atoms with Crippen molar-refractivity contribution in [3.63, 3.8) is 0 Å². The molecule has 3 fully saturated rings. The lowest BCUT2D eigenvalue weighted by Crippen LogP contribution is -2.58. The molecule has 46 heavy (non-hydrogen) atoms. The van der Waals surface area contributed by atoms with Crippen molar-refractivity contribution < 1.29 is 23.1 Å². The average molecular weight is 675 g/mol. The Morgan fingerprint density at radius 1 is 0.870 bits per heavy atom. The van der Waals surface area contributed by atoms with Gasteiger partial charge in [-0.2, -0.15) is 0 Å². The molecule has 0 aliphatic heterocycles. The Morgan fingerprint density at radius 3 is 2.02 bits per heavy atom. The second-order valence-corrected chi connectivity index (χ2v) is 29.4. The number of ether oxygens (including phenoxy) is 2. The predicted molar refractivity (Wildman–Crippen MR) is 196 cm³/mol. The van der Waals surface area contributed by atoms with Gasteiger partial charge in [0, 0.05) is 5.41 Å². The van der Waals surface area contributed by atoms with Gasteiger partial charge in [0.25, 0.3) is 0 Å². The van der Waals surface area contributed by atoms with E-state index in [0.29, 0.717) is 17.8 Å². The third-order valence-corrected chi connectivity index (χ3v) is 22.7. The van der Waals surface area contributed by atoms with Gasteiger partial charge in [-0.15, -0.1) is 0 Å². The maximum Gasteiger partial charge on any atom is 0.332 e. The minimum Gasteiger partial charge on any atom is -0.458 e. The van der Waals surface area contributed by atoms with Crippen molar-refractivity contribution in [2.45, 2.75) is 182 Å². The molecular formula is C39H70O5Si2. The zero-order chi connectivity index (χ0) is 34.9. The van der Waals surface area contributed by atoms with E-state index in [1.807, 2.05) is 20.8 Å². The zero-order valence-corrected chi connectivity index (χ0v) is 34.6. The Kier molecular flexibility index (Phi) is 10.4. The number of hydrogen-bond donors (Lipinski definition) is 0. The Bertz CT molecular complexity index is 1200. The molecule has 0 amide bonds. The minimum atomic E-state index is -2.04. The lowest BCUT2D eigenvalue weighted by atomic mass is 9.49. The van der Waals surface area contributed by atoms with Crippen LogP contribution in [0, 0.1) is 28.6 Å². The standard InChI is InChI=1S/C39H70O5Si2/c1-26(41-25-34(40)42-35(2,3)4)30-19-20-31-29-18-17-27-23-28(43-45(13,14)36(5,6)7)24-33(44-46(15,16)37(8,9)10)39(27,12)32(29)21-22-38(30,31)11/h17-18,26,28,30-33H,19-25H2,1-16H3/t26-,28+,30+,31-,32-,33-,38+,39-/m0/s1. The molecule has 5 nitrogen and oxygen atoms in total. The van der Waals surface area contributed by atoms with Crippen LogP contribution >= 0.6 is 0 Å². The highest BCUT2D eigenvalue weighted by Crippen LogP contribution is 2.66. The number of fused-ring (bicyclic) bond motifs is 5. The summed E-state index contributed by atoms with van der Waals surface area (Å²) in [5.41, 5.74) is 2.84. The van der Waals surface area contributed by atoms with Crippen molar-refractivity contribution in [3.8, 4) is 0 Å². The van der Waals surface area contributed by atoms with Gasteiger partial charge in [-0.1, -0.05) is 78.7 Å². The Labute approximate surface area is 285 Å². The Hall–Kier alpha value is -0.736. The number of esters is 1. The van der Waals surface area contributed by atoms with Crippen molar-refractivity contribution in [2.24, 2.45) is 28.6 Å². The summed E-state index contributed by atoms with van der Waals surface area (Å²) >= 11 is 0. The van der Waals surface area contributed by atoms with E-state index in [-0.39, 0.29) is 51.8 Å². The Balaban J connectivity index is 1.63. The fourth-order valence-electron chi connectivity index (χ4n) is 8.89. The van der Waals surface area contributed by atoms with Gasteiger partial charge in [0.2, 0.25) is 0 Å². The van der Waals surface area contributed by atoms with Crippen LogP contribution in [0.5, 0.6) is 0 Å². The minimum absolute atomic E-state index is 0.0162. The van der Waals surface area contributed by atoms with Crippen LogP contribution in [0.4, 0.5) is 0 Å². The molecule has 4 aliphatic carbocycles. The first kappa shape index (κ1) is 38.1. The molecule has 4 aliphatic rings. The highest BCUT2D eigenvalue weighted by Gasteiger charge is 2.61. The van der Waals surface area contributed by atoms with Gasteiger partial charge in [0.15, 0.2) is 16.6 Å². The van der Waals surface area contributed by atoms with E-state index in [1.54, 1.807) is 11.1 Å².